The zero-order valence-corrected chi connectivity index (χ0v) is 17.8. The molecule has 1 fully saturated rings. The fraction of sp³-hybridized carbons (Fsp3) is 0.125. The summed E-state index contributed by atoms with van der Waals surface area (Å²) in [4.78, 5) is 21.7. The summed E-state index contributed by atoms with van der Waals surface area (Å²) in [7, 11) is 0. The summed E-state index contributed by atoms with van der Waals surface area (Å²) in [6.07, 6.45) is 1.77. The highest BCUT2D eigenvalue weighted by Gasteiger charge is 2.17. The van der Waals surface area contributed by atoms with Gasteiger partial charge in [0.1, 0.15) is 11.8 Å². The maximum absolute atomic E-state index is 14.7. The molecule has 0 aliphatic carbocycles. The molecule has 0 unspecified atom stereocenters. The van der Waals surface area contributed by atoms with Gasteiger partial charge < -0.3 is 14.4 Å². The smallest absolute Gasteiger partial charge is 0.258 e. The van der Waals surface area contributed by atoms with Gasteiger partial charge in [0.05, 0.1) is 29.9 Å². The van der Waals surface area contributed by atoms with E-state index in [-0.39, 0.29) is 5.56 Å². The first-order chi connectivity index (χ1) is 15.7. The lowest BCUT2D eigenvalue weighted by molar-refractivity contribution is 0.102. The number of anilines is 2. The first kappa shape index (κ1) is 20.4. The summed E-state index contributed by atoms with van der Waals surface area (Å²) >= 11 is 1.47. The van der Waals surface area contributed by atoms with E-state index in [1.807, 2.05) is 34.6 Å². The molecule has 1 aliphatic heterocycles. The van der Waals surface area contributed by atoms with Crippen LogP contribution in [-0.4, -0.2) is 35.0 Å². The third kappa shape index (κ3) is 4.28. The van der Waals surface area contributed by atoms with E-state index in [1.54, 1.807) is 30.5 Å². The largest absolute Gasteiger partial charge is 0.367 e. The molecule has 0 spiro atoms. The summed E-state index contributed by atoms with van der Waals surface area (Å²) in [5.74, 6) is 0.000845. The van der Waals surface area contributed by atoms with Crippen LogP contribution in [0.1, 0.15) is 10.4 Å². The third-order valence-corrected chi connectivity index (χ3v) is 6.06. The van der Waals surface area contributed by atoms with Gasteiger partial charge in [-0.2, -0.15) is 0 Å². The maximum atomic E-state index is 14.7. The summed E-state index contributed by atoms with van der Waals surface area (Å²) < 4.78 is 22.0. The van der Waals surface area contributed by atoms with E-state index in [2.05, 4.69) is 15.3 Å². The Morgan fingerprint density at radius 1 is 1.09 bits per heavy atom. The van der Waals surface area contributed by atoms with Crippen molar-refractivity contribution in [3.8, 4) is 11.4 Å². The van der Waals surface area contributed by atoms with Crippen LogP contribution in [0.15, 0.2) is 72.9 Å². The molecule has 32 heavy (non-hydrogen) atoms. The van der Waals surface area contributed by atoms with Gasteiger partial charge in [0, 0.05) is 22.8 Å². The van der Waals surface area contributed by atoms with Crippen LogP contribution < -0.4 is 9.62 Å². The van der Waals surface area contributed by atoms with Gasteiger partial charge in [-0.3, -0.25) is 4.79 Å². The van der Waals surface area contributed by atoms with Crippen molar-refractivity contribution < 1.29 is 13.9 Å². The van der Waals surface area contributed by atoms with E-state index in [0.717, 1.165) is 16.5 Å². The van der Waals surface area contributed by atoms with E-state index < -0.39 is 11.7 Å². The number of rotatable bonds is 4. The zero-order chi connectivity index (χ0) is 21.9. The standard InChI is InChI=1S/C24H19FN4O2S/c25-21-13-19(29-10-11-31-15-32-29)8-9-20(21)24(30)27-18-6-3-5-16(12-18)23-26-14-17-4-1-2-7-22(17)28-23/h1-9,12-14H,10-11,15H2,(H,27,30). The van der Waals surface area contributed by atoms with Crippen LogP contribution in [0.5, 0.6) is 0 Å². The molecular weight excluding hydrogens is 427 g/mol. The van der Waals surface area contributed by atoms with E-state index in [1.165, 1.54) is 24.1 Å². The SMILES string of the molecule is O=C(Nc1cccc(-c2ncc3ccccc3n2)c1)c1ccc(N2CCOCS2)cc1F. The van der Waals surface area contributed by atoms with Crippen molar-refractivity contribution >= 4 is 40.1 Å². The Labute approximate surface area is 188 Å². The molecule has 1 aliphatic rings. The van der Waals surface area contributed by atoms with Crippen LogP contribution in [0, 0.1) is 5.82 Å². The van der Waals surface area contributed by atoms with E-state index >= 15 is 0 Å². The Morgan fingerprint density at radius 2 is 2.00 bits per heavy atom. The Balaban J connectivity index is 1.35. The molecule has 8 heteroatoms. The Kier molecular flexibility index (Phi) is 5.70. The van der Waals surface area contributed by atoms with Crippen LogP contribution in [0.3, 0.4) is 0 Å². The average Bonchev–Trinajstić information content (AvgIpc) is 2.84. The number of nitrogens with zero attached hydrogens (tertiary/aromatic N) is 3. The fourth-order valence-electron chi connectivity index (χ4n) is 3.46. The summed E-state index contributed by atoms with van der Waals surface area (Å²) in [5.41, 5.74) is 2.83. The number of amides is 1. The molecule has 6 nitrogen and oxygen atoms in total. The Morgan fingerprint density at radius 3 is 2.84 bits per heavy atom. The fourth-order valence-corrected chi connectivity index (χ4v) is 4.25. The van der Waals surface area contributed by atoms with Crippen LogP contribution in [0.2, 0.25) is 0 Å². The number of ether oxygens (including phenoxy) is 1. The summed E-state index contributed by atoms with van der Waals surface area (Å²) in [6.45, 7) is 1.26. The van der Waals surface area contributed by atoms with Gasteiger partial charge in [0.2, 0.25) is 0 Å². The van der Waals surface area contributed by atoms with Crippen molar-refractivity contribution in [1.82, 2.24) is 9.97 Å². The Hall–Kier alpha value is -3.49. The van der Waals surface area contributed by atoms with Gasteiger partial charge in [-0.1, -0.05) is 30.3 Å². The van der Waals surface area contributed by atoms with Crippen LogP contribution in [0.25, 0.3) is 22.3 Å². The highest BCUT2D eigenvalue weighted by molar-refractivity contribution is 8.00. The number of benzene rings is 3. The lowest BCUT2D eigenvalue weighted by Gasteiger charge is -2.27. The molecule has 1 N–H and O–H groups in total. The van der Waals surface area contributed by atoms with Gasteiger partial charge in [-0.15, -0.1) is 0 Å². The molecule has 0 radical (unpaired) electrons. The van der Waals surface area contributed by atoms with Gasteiger partial charge in [0.15, 0.2) is 5.82 Å². The van der Waals surface area contributed by atoms with Gasteiger partial charge in [-0.05, 0) is 48.3 Å². The summed E-state index contributed by atoms with van der Waals surface area (Å²) in [5, 5.41) is 3.73. The Bertz CT molecular complexity index is 1290. The van der Waals surface area contributed by atoms with Crippen molar-refractivity contribution in [3.05, 3.63) is 84.3 Å². The second kappa shape index (κ2) is 8.94. The number of para-hydroxylation sites is 1. The molecule has 0 atom stereocenters. The number of carbonyl (C=O) groups excluding carboxylic acids is 1. The van der Waals surface area contributed by atoms with Gasteiger partial charge in [-0.25, -0.2) is 14.4 Å². The zero-order valence-electron chi connectivity index (χ0n) is 17.0. The molecule has 1 aromatic heterocycles. The number of hydrogen-bond donors (Lipinski definition) is 1. The summed E-state index contributed by atoms with van der Waals surface area (Å²) in [6, 6.07) is 19.6. The van der Waals surface area contributed by atoms with Crippen molar-refractivity contribution in [3.63, 3.8) is 0 Å². The average molecular weight is 447 g/mol. The molecular formula is C24H19FN4O2S. The number of aromatic nitrogens is 2. The molecule has 3 aromatic carbocycles. The van der Waals surface area contributed by atoms with Gasteiger partial charge in [0.25, 0.3) is 5.91 Å². The van der Waals surface area contributed by atoms with E-state index in [9.17, 15) is 9.18 Å². The molecule has 4 aromatic rings. The minimum absolute atomic E-state index is 0.0145. The lowest BCUT2D eigenvalue weighted by atomic mass is 10.1. The third-order valence-electron chi connectivity index (χ3n) is 5.08. The molecule has 0 saturated carbocycles. The van der Waals surface area contributed by atoms with Crippen LogP contribution in [-0.2, 0) is 4.74 Å². The van der Waals surface area contributed by atoms with Gasteiger partial charge >= 0.3 is 0 Å². The lowest BCUT2D eigenvalue weighted by Crippen LogP contribution is -2.26. The van der Waals surface area contributed by atoms with Crippen LogP contribution >= 0.6 is 11.9 Å². The van der Waals surface area contributed by atoms with Crippen molar-refractivity contribution in [1.29, 1.82) is 0 Å². The van der Waals surface area contributed by atoms with Crippen molar-refractivity contribution in [2.24, 2.45) is 0 Å². The van der Waals surface area contributed by atoms with Crippen molar-refractivity contribution in [2.75, 3.05) is 28.7 Å². The van der Waals surface area contributed by atoms with Crippen LogP contribution in [0.4, 0.5) is 15.8 Å². The molecule has 1 saturated heterocycles. The second-order valence-corrected chi connectivity index (χ2v) is 8.14. The minimum atomic E-state index is -0.568. The molecule has 2 heterocycles. The monoisotopic (exact) mass is 446 g/mol. The number of fused-ring (bicyclic) bond motifs is 1. The number of hydrogen-bond acceptors (Lipinski definition) is 6. The molecule has 0 bridgehead atoms. The van der Waals surface area contributed by atoms with E-state index in [0.29, 0.717) is 36.3 Å². The predicted octanol–water partition coefficient (Wildman–Crippen LogP) is 5.13. The molecule has 160 valence electrons. The topological polar surface area (TPSA) is 67.4 Å². The normalized spacial score (nSPS) is 13.8. The number of nitrogens with one attached hydrogen (secondary N) is 1. The quantitative estimate of drug-likeness (QED) is 0.439. The molecule has 1 amide bonds. The minimum Gasteiger partial charge on any atom is -0.367 e. The number of carbonyl (C=O) groups is 1. The maximum Gasteiger partial charge on any atom is 0.258 e. The highest BCUT2D eigenvalue weighted by atomic mass is 32.2. The second-order valence-electron chi connectivity index (χ2n) is 7.21. The van der Waals surface area contributed by atoms with E-state index in [4.69, 9.17) is 4.74 Å². The first-order valence-electron chi connectivity index (χ1n) is 10.1. The predicted molar refractivity (Wildman–Crippen MR) is 125 cm³/mol. The molecule has 5 rings (SSSR count). The van der Waals surface area contributed by atoms with Crippen molar-refractivity contribution in [2.45, 2.75) is 0 Å². The number of halogens is 1. The highest BCUT2D eigenvalue weighted by Crippen LogP contribution is 2.27. The first-order valence-corrected chi connectivity index (χ1v) is 11.0.